The van der Waals surface area contributed by atoms with Crippen LogP contribution < -0.4 is 0 Å². The zero-order chi connectivity index (χ0) is 19.6. The third-order valence-corrected chi connectivity index (χ3v) is 1.76. The van der Waals surface area contributed by atoms with E-state index in [-0.39, 0.29) is 11.6 Å². The van der Waals surface area contributed by atoms with Gasteiger partial charge in [0.05, 0.1) is 0 Å². The van der Waals surface area contributed by atoms with Crippen LogP contribution in [0, 0.1) is 0 Å². The maximum atomic E-state index is 10.3. The lowest BCUT2D eigenvalue weighted by atomic mass is 10.1. The molecule has 0 aromatic heterocycles. The molecule has 8 heteroatoms. The van der Waals surface area contributed by atoms with Gasteiger partial charge in [0.25, 0.3) is 0 Å². The van der Waals surface area contributed by atoms with E-state index >= 15 is 0 Å². The Hall–Kier alpha value is -0.900. The van der Waals surface area contributed by atoms with Gasteiger partial charge in [-0.1, -0.05) is 0 Å². The first-order valence-corrected chi connectivity index (χ1v) is 7.30. The molecule has 0 amide bonds. The highest BCUT2D eigenvalue weighted by atomic mass is 16.7. The maximum absolute atomic E-state index is 10.3. The Bertz CT molecular complexity index is 200. The minimum absolute atomic E-state index is 0.163. The summed E-state index contributed by atoms with van der Waals surface area (Å²) in [6.07, 6.45) is 1.80. The zero-order valence-corrected chi connectivity index (χ0v) is 16.5. The van der Waals surface area contributed by atoms with Gasteiger partial charge in [-0.2, -0.15) is 0 Å². The number of carbonyl (C=O) groups is 2. The third-order valence-electron chi connectivity index (χ3n) is 1.76. The van der Waals surface area contributed by atoms with Gasteiger partial charge in [0.1, 0.15) is 31.9 Å². The lowest BCUT2D eigenvalue weighted by Crippen LogP contribution is -1.93. The Labute approximate surface area is 146 Å². The van der Waals surface area contributed by atoms with E-state index in [2.05, 4.69) is 28.4 Å². The molecule has 0 atom stereocenters. The van der Waals surface area contributed by atoms with Crippen LogP contribution in [-0.4, -0.2) is 74.6 Å². The van der Waals surface area contributed by atoms with Crippen molar-refractivity contribution in [2.45, 2.75) is 33.1 Å². The molecule has 0 aliphatic carbocycles. The fraction of sp³-hybridized carbons (Fsp3) is 0.875. The van der Waals surface area contributed by atoms with Gasteiger partial charge in [-0.15, -0.1) is 0 Å². The van der Waals surface area contributed by atoms with Crippen molar-refractivity contribution in [3.63, 3.8) is 0 Å². The topological polar surface area (TPSA) is 89.5 Å². The van der Waals surface area contributed by atoms with E-state index in [1.807, 2.05) is 0 Å². The molecule has 0 spiro atoms. The zero-order valence-electron chi connectivity index (χ0n) is 16.5. The summed E-state index contributed by atoms with van der Waals surface area (Å²) in [5, 5.41) is 0. The minimum Gasteiger partial charge on any atom is -0.359 e. The molecular formula is C16H36O8. The van der Waals surface area contributed by atoms with Crippen LogP contribution in [0.3, 0.4) is 0 Å². The molecule has 0 N–H and O–H groups in total. The van der Waals surface area contributed by atoms with Crippen LogP contribution in [0.2, 0.25) is 0 Å². The van der Waals surface area contributed by atoms with Gasteiger partial charge in [-0.05, 0) is 20.3 Å². The average molecular weight is 356 g/mol. The SMILES string of the molecule is CC(=O)CCCC(C)=O.COCOC.COCOC.COCOC. The second-order valence-corrected chi connectivity index (χ2v) is 4.34. The standard InChI is InChI=1S/C7H12O2.3C3H8O2/c1-6(8)4-3-5-7(2)9;3*1-4-3-5-2/h3-5H2,1-2H3;3*3H2,1-2H3. The molecule has 0 saturated heterocycles. The Morgan fingerprint density at radius 2 is 0.750 bits per heavy atom. The van der Waals surface area contributed by atoms with Crippen LogP contribution in [0.4, 0.5) is 0 Å². The summed E-state index contributed by atoms with van der Waals surface area (Å²) in [6.45, 7) is 4.25. The summed E-state index contributed by atoms with van der Waals surface area (Å²) in [7, 11) is 9.52. The van der Waals surface area contributed by atoms with Gasteiger partial charge >= 0.3 is 0 Å². The van der Waals surface area contributed by atoms with Crippen LogP contribution in [-0.2, 0) is 38.0 Å². The summed E-state index contributed by atoms with van der Waals surface area (Å²) in [6, 6.07) is 0. The molecule has 0 unspecified atom stereocenters. The smallest absolute Gasteiger partial charge is 0.145 e. The highest BCUT2D eigenvalue weighted by Crippen LogP contribution is 1.95. The quantitative estimate of drug-likeness (QED) is 0.549. The lowest BCUT2D eigenvalue weighted by molar-refractivity contribution is -0.118. The Kier molecular flexibility index (Phi) is 43.4. The van der Waals surface area contributed by atoms with Gasteiger partial charge in [-0.25, -0.2) is 0 Å². The fourth-order valence-electron chi connectivity index (χ4n) is 0.940. The van der Waals surface area contributed by atoms with Crippen molar-refractivity contribution in [1.29, 1.82) is 0 Å². The van der Waals surface area contributed by atoms with Crippen molar-refractivity contribution in [2.24, 2.45) is 0 Å². The van der Waals surface area contributed by atoms with Crippen molar-refractivity contribution >= 4 is 11.6 Å². The highest BCUT2D eigenvalue weighted by molar-refractivity contribution is 5.78. The van der Waals surface area contributed by atoms with Crippen molar-refractivity contribution < 1.29 is 38.0 Å². The Morgan fingerprint density at radius 1 is 0.542 bits per heavy atom. The van der Waals surface area contributed by atoms with E-state index in [0.717, 1.165) is 0 Å². The number of ether oxygens (including phenoxy) is 6. The van der Waals surface area contributed by atoms with Gasteiger partial charge < -0.3 is 38.0 Å². The molecule has 0 rings (SSSR count). The van der Waals surface area contributed by atoms with Crippen molar-refractivity contribution in [3.8, 4) is 0 Å². The molecule has 0 fully saturated rings. The number of Topliss-reactive ketones (excluding diaryl/α,β-unsaturated/α-hetero) is 2. The largest absolute Gasteiger partial charge is 0.359 e. The van der Waals surface area contributed by atoms with E-state index in [1.54, 1.807) is 56.5 Å². The number of hydrogen-bond donors (Lipinski definition) is 0. The molecule has 0 aliphatic rings. The van der Waals surface area contributed by atoms with E-state index in [4.69, 9.17) is 0 Å². The summed E-state index contributed by atoms with van der Waals surface area (Å²) >= 11 is 0. The number of rotatable bonds is 10. The lowest BCUT2D eigenvalue weighted by Gasteiger charge is -1.90. The first kappa shape index (κ1) is 30.9. The number of carbonyl (C=O) groups excluding carboxylic acids is 2. The molecule has 148 valence electrons. The van der Waals surface area contributed by atoms with Crippen molar-refractivity contribution in [3.05, 3.63) is 0 Å². The predicted molar refractivity (Wildman–Crippen MR) is 91.9 cm³/mol. The van der Waals surface area contributed by atoms with Crippen molar-refractivity contribution in [2.75, 3.05) is 63.0 Å². The van der Waals surface area contributed by atoms with Gasteiger partial charge in [0, 0.05) is 55.5 Å². The molecule has 0 radical (unpaired) electrons. The molecule has 0 aromatic carbocycles. The van der Waals surface area contributed by atoms with Crippen molar-refractivity contribution in [1.82, 2.24) is 0 Å². The summed E-state index contributed by atoms with van der Waals surface area (Å²) < 4.78 is 26.8. The van der Waals surface area contributed by atoms with Crippen LogP contribution in [0.5, 0.6) is 0 Å². The van der Waals surface area contributed by atoms with Crippen LogP contribution >= 0.6 is 0 Å². The fourth-order valence-corrected chi connectivity index (χ4v) is 0.940. The molecule has 0 saturated carbocycles. The normalized spacial score (nSPS) is 8.67. The molecule has 0 heterocycles. The molecule has 0 aliphatic heterocycles. The summed E-state index contributed by atoms with van der Waals surface area (Å²) in [5.74, 6) is 0.326. The summed E-state index contributed by atoms with van der Waals surface area (Å²) in [5.41, 5.74) is 0. The Balaban J connectivity index is -0.000000116. The first-order chi connectivity index (χ1) is 11.4. The second kappa shape index (κ2) is 33.6. The van der Waals surface area contributed by atoms with E-state index in [9.17, 15) is 9.59 Å². The van der Waals surface area contributed by atoms with E-state index in [1.165, 1.54) is 0 Å². The van der Waals surface area contributed by atoms with Crippen LogP contribution in [0.15, 0.2) is 0 Å². The third kappa shape index (κ3) is 69.2. The van der Waals surface area contributed by atoms with E-state index < -0.39 is 0 Å². The number of methoxy groups -OCH3 is 6. The maximum Gasteiger partial charge on any atom is 0.145 e. The molecule has 0 aromatic rings. The van der Waals surface area contributed by atoms with Crippen LogP contribution in [0.25, 0.3) is 0 Å². The number of hydrogen-bond acceptors (Lipinski definition) is 8. The second-order valence-electron chi connectivity index (χ2n) is 4.34. The minimum atomic E-state index is 0.163. The monoisotopic (exact) mass is 356 g/mol. The van der Waals surface area contributed by atoms with Gasteiger partial charge in [0.2, 0.25) is 0 Å². The predicted octanol–water partition coefficient (Wildman–Crippen LogP) is 2.04. The van der Waals surface area contributed by atoms with Gasteiger partial charge in [-0.3, -0.25) is 0 Å². The van der Waals surface area contributed by atoms with E-state index in [0.29, 0.717) is 39.6 Å². The molecule has 0 bridgehead atoms. The summed E-state index contributed by atoms with van der Waals surface area (Å²) in [4.78, 5) is 20.6. The number of ketones is 2. The Morgan fingerprint density at radius 3 is 0.833 bits per heavy atom. The van der Waals surface area contributed by atoms with Crippen LogP contribution in [0.1, 0.15) is 33.1 Å². The molecule has 24 heavy (non-hydrogen) atoms. The molecule has 8 nitrogen and oxygen atoms in total. The highest BCUT2D eigenvalue weighted by Gasteiger charge is 1.95. The molecular weight excluding hydrogens is 320 g/mol. The van der Waals surface area contributed by atoms with Gasteiger partial charge in [0.15, 0.2) is 0 Å². The first-order valence-electron chi connectivity index (χ1n) is 7.30. The average Bonchev–Trinajstić information content (AvgIpc) is 2.51.